The second-order valence-electron chi connectivity index (χ2n) is 7.10. The van der Waals surface area contributed by atoms with E-state index in [9.17, 15) is 0 Å². The summed E-state index contributed by atoms with van der Waals surface area (Å²) in [7, 11) is 2.13. The Labute approximate surface area is 164 Å². The number of piperidine rings is 1. The molecule has 4 heterocycles. The van der Waals surface area contributed by atoms with E-state index in [1.54, 1.807) is 11.3 Å². The number of rotatable bonds is 4. The van der Waals surface area contributed by atoms with Crippen LogP contribution >= 0.6 is 23.7 Å². The van der Waals surface area contributed by atoms with Crippen LogP contribution in [0, 0.1) is 6.92 Å². The minimum absolute atomic E-state index is 0. The van der Waals surface area contributed by atoms with Gasteiger partial charge in [-0.05, 0) is 39.9 Å². The molecule has 1 N–H and O–H groups in total. The predicted octanol–water partition coefficient (Wildman–Crippen LogP) is 2.21. The van der Waals surface area contributed by atoms with Crippen LogP contribution in [0.15, 0.2) is 9.90 Å². The minimum Gasteiger partial charge on any atom is -0.339 e. The van der Waals surface area contributed by atoms with Crippen molar-refractivity contribution in [2.75, 3.05) is 39.8 Å². The highest BCUT2D eigenvalue weighted by Gasteiger charge is 2.29. The van der Waals surface area contributed by atoms with Crippen molar-refractivity contribution in [1.82, 2.24) is 30.2 Å². The Morgan fingerprint density at radius 1 is 1.27 bits per heavy atom. The van der Waals surface area contributed by atoms with Gasteiger partial charge in [0.05, 0.1) is 16.7 Å². The molecule has 0 amide bonds. The highest BCUT2D eigenvalue weighted by atomic mass is 35.5. The van der Waals surface area contributed by atoms with E-state index < -0.39 is 0 Å². The summed E-state index contributed by atoms with van der Waals surface area (Å²) in [6, 6.07) is 0.222. The van der Waals surface area contributed by atoms with Gasteiger partial charge in [-0.1, -0.05) is 5.16 Å². The van der Waals surface area contributed by atoms with Crippen LogP contribution in [0.5, 0.6) is 0 Å². The smallest absolute Gasteiger partial charge is 0.229 e. The third-order valence-corrected chi connectivity index (χ3v) is 6.08. The van der Waals surface area contributed by atoms with Crippen molar-refractivity contribution >= 4 is 23.7 Å². The molecule has 2 aliphatic heterocycles. The molecule has 0 aliphatic carbocycles. The average Bonchev–Trinajstić information content (AvgIpc) is 3.25. The van der Waals surface area contributed by atoms with Crippen LogP contribution in [-0.2, 0) is 6.54 Å². The fourth-order valence-corrected chi connectivity index (χ4v) is 4.29. The van der Waals surface area contributed by atoms with Gasteiger partial charge in [0.2, 0.25) is 5.89 Å². The van der Waals surface area contributed by atoms with Crippen molar-refractivity contribution in [3.8, 4) is 0 Å². The molecule has 1 unspecified atom stereocenters. The monoisotopic (exact) mass is 398 g/mol. The lowest BCUT2D eigenvalue weighted by molar-refractivity contribution is 0.183. The lowest BCUT2D eigenvalue weighted by atomic mass is 9.96. The fraction of sp³-hybridized carbons (Fsp3) is 0.706. The van der Waals surface area contributed by atoms with Gasteiger partial charge in [0.15, 0.2) is 5.82 Å². The number of hydrogen-bond donors (Lipinski definition) is 1. The van der Waals surface area contributed by atoms with Crippen molar-refractivity contribution in [1.29, 1.82) is 0 Å². The zero-order valence-electron chi connectivity index (χ0n) is 15.3. The molecule has 7 nitrogen and oxygen atoms in total. The lowest BCUT2D eigenvalue weighted by Gasteiger charge is -2.30. The Hall–Kier alpha value is -1.06. The first-order valence-electron chi connectivity index (χ1n) is 9.07. The van der Waals surface area contributed by atoms with Crippen LogP contribution in [0.3, 0.4) is 0 Å². The minimum atomic E-state index is 0. The second-order valence-corrected chi connectivity index (χ2v) is 8.16. The number of nitrogens with zero attached hydrogens (tertiary/aromatic N) is 5. The van der Waals surface area contributed by atoms with E-state index in [1.165, 1.54) is 5.69 Å². The molecule has 0 spiro atoms. The molecule has 9 heteroatoms. The van der Waals surface area contributed by atoms with Gasteiger partial charge in [-0.15, -0.1) is 23.7 Å². The van der Waals surface area contributed by atoms with E-state index in [4.69, 9.17) is 9.51 Å². The number of piperazine rings is 1. The molecule has 0 bridgehead atoms. The summed E-state index contributed by atoms with van der Waals surface area (Å²) in [6.07, 6.45) is 2.15. The molecular weight excluding hydrogens is 372 g/mol. The molecule has 1 atom stereocenters. The van der Waals surface area contributed by atoms with Gasteiger partial charge in [0.1, 0.15) is 0 Å². The maximum Gasteiger partial charge on any atom is 0.229 e. The molecule has 2 aromatic rings. The standard InChI is InChI=1S/C17H26N6OS.ClH/c1-12-19-14(11-25-12)10-23-6-3-13(4-7-23)17-20-16(21-24-17)15-9-18-5-8-22(15)2;/h11,13,15,18H,3-10H2,1-2H3;1H. The van der Waals surface area contributed by atoms with Crippen molar-refractivity contribution in [2.45, 2.75) is 38.3 Å². The summed E-state index contributed by atoms with van der Waals surface area (Å²) in [5.74, 6) is 2.03. The zero-order valence-corrected chi connectivity index (χ0v) is 17.0. The van der Waals surface area contributed by atoms with Gasteiger partial charge in [-0.3, -0.25) is 9.80 Å². The van der Waals surface area contributed by atoms with Gasteiger partial charge in [0, 0.05) is 37.5 Å². The third kappa shape index (κ3) is 4.43. The Morgan fingerprint density at radius 2 is 2.08 bits per heavy atom. The van der Waals surface area contributed by atoms with Gasteiger partial charge in [0.25, 0.3) is 0 Å². The van der Waals surface area contributed by atoms with E-state index in [1.807, 2.05) is 0 Å². The largest absolute Gasteiger partial charge is 0.339 e. The topological polar surface area (TPSA) is 70.3 Å². The van der Waals surface area contributed by atoms with Gasteiger partial charge < -0.3 is 9.84 Å². The molecule has 2 saturated heterocycles. The molecule has 26 heavy (non-hydrogen) atoms. The van der Waals surface area contributed by atoms with Crippen LogP contribution in [0.4, 0.5) is 0 Å². The third-order valence-electron chi connectivity index (χ3n) is 5.26. The molecule has 2 aliphatic rings. The molecule has 0 saturated carbocycles. The van der Waals surface area contributed by atoms with Crippen LogP contribution in [0.25, 0.3) is 0 Å². The Bertz CT molecular complexity index is 699. The molecule has 2 aromatic heterocycles. The average molecular weight is 399 g/mol. The van der Waals surface area contributed by atoms with Gasteiger partial charge >= 0.3 is 0 Å². The first-order chi connectivity index (χ1) is 12.2. The van der Waals surface area contributed by atoms with Crippen LogP contribution in [-0.4, -0.2) is 64.7 Å². The van der Waals surface area contributed by atoms with Crippen molar-refractivity contribution in [3.63, 3.8) is 0 Å². The summed E-state index contributed by atoms with van der Waals surface area (Å²) < 4.78 is 5.62. The number of aromatic nitrogens is 3. The molecule has 144 valence electrons. The number of hydrogen-bond acceptors (Lipinski definition) is 8. The van der Waals surface area contributed by atoms with Crippen LogP contribution in [0.1, 0.15) is 47.2 Å². The lowest BCUT2D eigenvalue weighted by Crippen LogP contribution is -2.44. The maximum atomic E-state index is 5.62. The van der Waals surface area contributed by atoms with E-state index in [0.717, 1.165) is 68.8 Å². The summed E-state index contributed by atoms with van der Waals surface area (Å²) in [5.41, 5.74) is 1.19. The molecule has 0 radical (unpaired) electrons. The number of likely N-dealkylation sites (N-methyl/N-ethyl adjacent to an activating group) is 1. The highest BCUT2D eigenvalue weighted by molar-refractivity contribution is 7.09. The Balaban J connectivity index is 0.00000196. The summed E-state index contributed by atoms with van der Waals surface area (Å²) in [6.45, 7) is 8.06. The second kappa shape index (κ2) is 8.75. The fourth-order valence-electron chi connectivity index (χ4n) is 3.69. The molecule has 2 fully saturated rings. The van der Waals surface area contributed by atoms with Crippen LogP contribution < -0.4 is 5.32 Å². The van der Waals surface area contributed by atoms with Crippen molar-refractivity contribution in [3.05, 3.63) is 27.8 Å². The quantitative estimate of drug-likeness (QED) is 0.846. The summed E-state index contributed by atoms with van der Waals surface area (Å²) in [4.78, 5) is 14.1. The van der Waals surface area contributed by atoms with Gasteiger partial charge in [-0.25, -0.2) is 4.98 Å². The van der Waals surface area contributed by atoms with E-state index in [0.29, 0.717) is 5.92 Å². The number of thiazole rings is 1. The number of likely N-dealkylation sites (tertiary alicyclic amines) is 1. The first-order valence-corrected chi connectivity index (χ1v) is 9.95. The number of nitrogens with one attached hydrogen (secondary N) is 1. The molecule has 0 aromatic carbocycles. The highest BCUT2D eigenvalue weighted by Crippen LogP contribution is 2.29. The molecular formula is C17H27ClN6OS. The van der Waals surface area contributed by atoms with Crippen molar-refractivity contribution < 1.29 is 4.52 Å². The zero-order chi connectivity index (χ0) is 17.2. The van der Waals surface area contributed by atoms with E-state index >= 15 is 0 Å². The van der Waals surface area contributed by atoms with Crippen molar-refractivity contribution in [2.24, 2.45) is 0 Å². The number of aryl methyl sites for hydroxylation is 1. The maximum absolute atomic E-state index is 5.62. The number of halogens is 1. The predicted molar refractivity (Wildman–Crippen MR) is 104 cm³/mol. The molecule has 4 rings (SSSR count). The first kappa shape index (κ1) is 19.7. The SMILES string of the molecule is Cc1nc(CN2CCC(c3nc(C4CNCCN4C)no3)CC2)cs1.Cl. The summed E-state index contributed by atoms with van der Waals surface area (Å²) in [5, 5.41) is 11.0. The van der Waals surface area contributed by atoms with Gasteiger partial charge in [-0.2, -0.15) is 4.98 Å². The van der Waals surface area contributed by atoms with E-state index in [-0.39, 0.29) is 18.4 Å². The summed E-state index contributed by atoms with van der Waals surface area (Å²) >= 11 is 1.73. The van der Waals surface area contributed by atoms with E-state index in [2.05, 4.69) is 44.6 Å². The Morgan fingerprint density at radius 3 is 2.77 bits per heavy atom. The van der Waals surface area contributed by atoms with Crippen LogP contribution in [0.2, 0.25) is 0 Å². The Kier molecular flexibility index (Phi) is 6.63. The normalized spacial score (nSPS) is 23.1.